The van der Waals surface area contributed by atoms with Gasteiger partial charge in [0.1, 0.15) is 6.04 Å². The van der Waals surface area contributed by atoms with Crippen molar-refractivity contribution in [3.05, 3.63) is 69.2 Å². The summed E-state index contributed by atoms with van der Waals surface area (Å²) in [5.41, 5.74) is 2.36. The van der Waals surface area contributed by atoms with Crippen molar-refractivity contribution in [1.29, 1.82) is 0 Å². The second-order valence-corrected chi connectivity index (χ2v) is 9.43. The minimum Gasteiger partial charge on any atom is -0.350 e. The van der Waals surface area contributed by atoms with Crippen LogP contribution in [0.1, 0.15) is 50.8 Å². The van der Waals surface area contributed by atoms with Gasteiger partial charge in [0.15, 0.2) is 0 Å². The molecule has 2 aromatic carbocycles. The molecule has 0 saturated carbocycles. The zero-order valence-corrected chi connectivity index (χ0v) is 19.8. The summed E-state index contributed by atoms with van der Waals surface area (Å²) in [6.45, 7) is 9.90. The highest BCUT2D eigenvalue weighted by Crippen LogP contribution is 2.24. The molecule has 0 aliphatic carbocycles. The molecule has 162 valence electrons. The monoisotopic (exact) mass is 448 g/mol. The molecule has 2 rings (SSSR count). The summed E-state index contributed by atoms with van der Waals surface area (Å²) < 4.78 is 0. The number of halogens is 2. The Kier molecular flexibility index (Phi) is 8.34. The van der Waals surface area contributed by atoms with Crippen LogP contribution in [-0.2, 0) is 22.6 Å². The average molecular weight is 449 g/mol. The van der Waals surface area contributed by atoms with Crippen LogP contribution in [0.25, 0.3) is 0 Å². The van der Waals surface area contributed by atoms with Crippen LogP contribution in [0, 0.1) is 6.92 Å². The standard InChI is InChI=1S/C24H30Cl2N2O2/c1-6-21(23(30)27-24(3,4)5)28(15-18-10-11-19(25)14-20(18)26)22(29)13-17-9-7-8-16(2)12-17/h7-12,14,21H,6,13,15H2,1-5H3,(H,27,30)/t21-/m1/s1. The third-order valence-electron chi connectivity index (χ3n) is 4.68. The maximum absolute atomic E-state index is 13.4. The van der Waals surface area contributed by atoms with Crippen molar-refractivity contribution < 1.29 is 9.59 Å². The first-order valence-corrected chi connectivity index (χ1v) is 10.9. The lowest BCUT2D eigenvalue weighted by Gasteiger charge is -2.33. The highest BCUT2D eigenvalue weighted by atomic mass is 35.5. The number of carbonyl (C=O) groups excluding carboxylic acids is 2. The Hall–Kier alpha value is -2.04. The van der Waals surface area contributed by atoms with Gasteiger partial charge >= 0.3 is 0 Å². The van der Waals surface area contributed by atoms with Gasteiger partial charge in [0, 0.05) is 22.1 Å². The van der Waals surface area contributed by atoms with E-state index in [9.17, 15) is 9.59 Å². The molecule has 0 bridgehead atoms. The van der Waals surface area contributed by atoms with Crippen molar-refractivity contribution in [2.75, 3.05) is 0 Å². The van der Waals surface area contributed by atoms with Crippen molar-refractivity contribution in [2.24, 2.45) is 0 Å². The second kappa shape index (κ2) is 10.3. The summed E-state index contributed by atoms with van der Waals surface area (Å²) in [6.07, 6.45) is 0.707. The number of hydrogen-bond acceptors (Lipinski definition) is 2. The van der Waals surface area contributed by atoms with Crippen LogP contribution in [0.15, 0.2) is 42.5 Å². The van der Waals surface area contributed by atoms with Gasteiger partial charge in [-0.3, -0.25) is 9.59 Å². The molecule has 1 N–H and O–H groups in total. The van der Waals surface area contributed by atoms with E-state index in [2.05, 4.69) is 5.32 Å². The maximum atomic E-state index is 13.4. The van der Waals surface area contributed by atoms with E-state index in [1.165, 1.54) is 0 Å². The minimum absolute atomic E-state index is 0.123. The van der Waals surface area contributed by atoms with Gasteiger partial charge in [-0.1, -0.05) is 66.0 Å². The molecule has 1 atom stereocenters. The summed E-state index contributed by atoms with van der Waals surface area (Å²) in [5, 5.41) is 4.00. The second-order valence-electron chi connectivity index (χ2n) is 8.59. The predicted octanol–water partition coefficient (Wildman–Crippen LogP) is 5.57. The Labute approximate surface area is 189 Å². The molecule has 0 heterocycles. The van der Waals surface area contributed by atoms with Crippen LogP contribution in [0.5, 0.6) is 0 Å². The molecular weight excluding hydrogens is 419 g/mol. The van der Waals surface area contributed by atoms with E-state index in [0.717, 1.165) is 16.7 Å². The SMILES string of the molecule is CC[C@H](C(=O)NC(C)(C)C)N(Cc1ccc(Cl)cc1Cl)C(=O)Cc1cccc(C)c1. The Bertz CT molecular complexity index is 906. The Morgan fingerprint density at radius 3 is 2.37 bits per heavy atom. The van der Waals surface area contributed by atoms with Crippen LogP contribution in [0.2, 0.25) is 10.0 Å². The molecule has 0 aromatic heterocycles. The predicted molar refractivity (Wildman–Crippen MR) is 124 cm³/mol. The fraction of sp³-hybridized carbons (Fsp3) is 0.417. The molecule has 0 aliphatic heterocycles. The largest absolute Gasteiger partial charge is 0.350 e. The third kappa shape index (κ3) is 7.03. The van der Waals surface area contributed by atoms with Gasteiger partial charge in [0.25, 0.3) is 0 Å². The highest BCUT2D eigenvalue weighted by molar-refractivity contribution is 6.35. The smallest absolute Gasteiger partial charge is 0.243 e. The van der Waals surface area contributed by atoms with E-state index in [1.807, 2.05) is 58.9 Å². The Balaban J connectivity index is 2.36. The van der Waals surface area contributed by atoms with Crippen molar-refractivity contribution in [3.8, 4) is 0 Å². The van der Waals surface area contributed by atoms with Crippen LogP contribution < -0.4 is 5.32 Å². The van der Waals surface area contributed by atoms with Crippen LogP contribution >= 0.6 is 23.2 Å². The number of hydrogen-bond donors (Lipinski definition) is 1. The first-order chi connectivity index (χ1) is 14.0. The van der Waals surface area contributed by atoms with E-state index in [1.54, 1.807) is 23.1 Å². The first-order valence-electron chi connectivity index (χ1n) is 10.1. The lowest BCUT2D eigenvalue weighted by Crippen LogP contribution is -2.53. The van der Waals surface area contributed by atoms with E-state index in [0.29, 0.717) is 16.5 Å². The summed E-state index contributed by atoms with van der Waals surface area (Å²) in [7, 11) is 0. The number of benzene rings is 2. The summed E-state index contributed by atoms with van der Waals surface area (Å²) in [5.74, 6) is -0.296. The molecule has 0 fully saturated rings. The molecule has 0 spiro atoms. The summed E-state index contributed by atoms with van der Waals surface area (Å²) in [4.78, 5) is 28.0. The van der Waals surface area contributed by atoms with Crippen LogP contribution in [0.4, 0.5) is 0 Å². The van der Waals surface area contributed by atoms with Gasteiger partial charge in [0.2, 0.25) is 11.8 Å². The van der Waals surface area contributed by atoms with Crippen LogP contribution in [0.3, 0.4) is 0 Å². The van der Waals surface area contributed by atoms with Gasteiger partial charge < -0.3 is 10.2 Å². The number of rotatable bonds is 7. The number of nitrogens with zero attached hydrogens (tertiary/aromatic N) is 1. The minimum atomic E-state index is -0.603. The third-order valence-corrected chi connectivity index (χ3v) is 5.26. The van der Waals surface area contributed by atoms with E-state index >= 15 is 0 Å². The number of nitrogens with one attached hydrogen (secondary N) is 1. The molecule has 2 amide bonds. The molecular formula is C24H30Cl2N2O2. The molecule has 0 radical (unpaired) electrons. The van der Waals surface area contributed by atoms with Crippen molar-refractivity contribution in [3.63, 3.8) is 0 Å². The van der Waals surface area contributed by atoms with Gasteiger partial charge in [-0.15, -0.1) is 0 Å². The maximum Gasteiger partial charge on any atom is 0.243 e. The van der Waals surface area contributed by atoms with Gasteiger partial charge in [-0.2, -0.15) is 0 Å². The number of amides is 2. The zero-order valence-electron chi connectivity index (χ0n) is 18.3. The Morgan fingerprint density at radius 1 is 1.10 bits per heavy atom. The average Bonchev–Trinajstić information content (AvgIpc) is 2.61. The number of carbonyl (C=O) groups is 2. The molecule has 4 nitrogen and oxygen atoms in total. The fourth-order valence-electron chi connectivity index (χ4n) is 3.30. The van der Waals surface area contributed by atoms with Gasteiger partial charge in [0.05, 0.1) is 6.42 Å². The molecule has 0 aliphatic rings. The summed E-state index contributed by atoms with van der Waals surface area (Å²) in [6, 6.07) is 12.4. The van der Waals surface area contributed by atoms with Crippen LogP contribution in [-0.4, -0.2) is 28.3 Å². The van der Waals surface area contributed by atoms with Crippen molar-refractivity contribution in [2.45, 2.75) is 65.6 Å². The van der Waals surface area contributed by atoms with E-state index in [4.69, 9.17) is 23.2 Å². The lowest BCUT2D eigenvalue weighted by atomic mass is 10.0. The van der Waals surface area contributed by atoms with Crippen molar-refractivity contribution in [1.82, 2.24) is 10.2 Å². The number of aryl methyl sites for hydroxylation is 1. The zero-order chi connectivity index (χ0) is 22.5. The molecule has 6 heteroatoms. The van der Waals surface area contributed by atoms with E-state index < -0.39 is 11.6 Å². The lowest BCUT2D eigenvalue weighted by molar-refractivity contribution is -0.141. The normalized spacial score (nSPS) is 12.4. The van der Waals surface area contributed by atoms with Gasteiger partial charge in [-0.25, -0.2) is 0 Å². The topological polar surface area (TPSA) is 49.4 Å². The molecule has 2 aromatic rings. The summed E-state index contributed by atoms with van der Waals surface area (Å²) >= 11 is 12.4. The van der Waals surface area contributed by atoms with Crippen molar-refractivity contribution >= 4 is 35.0 Å². The van der Waals surface area contributed by atoms with Gasteiger partial charge in [-0.05, 0) is 57.4 Å². The molecule has 30 heavy (non-hydrogen) atoms. The molecule has 0 saturated heterocycles. The Morgan fingerprint density at radius 2 is 1.80 bits per heavy atom. The first kappa shape index (κ1) is 24.2. The molecule has 0 unspecified atom stereocenters. The quantitative estimate of drug-likeness (QED) is 0.601. The fourth-order valence-corrected chi connectivity index (χ4v) is 3.77. The highest BCUT2D eigenvalue weighted by Gasteiger charge is 2.31. The van der Waals surface area contributed by atoms with E-state index in [-0.39, 0.29) is 24.8 Å².